The van der Waals surface area contributed by atoms with E-state index >= 15 is 8.78 Å². The first-order valence-corrected chi connectivity index (χ1v) is 22.3. The lowest BCUT2D eigenvalue weighted by atomic mass is 9.62. The number of methoxy groups -OCH3 is 2. The summed E-state index contributed by atoms with van der Waals surface area (Å²) < 4.78 is 84.8. The first kappa shape index (κ1) is 54.9. The number of nitrogens with one attached hydrogen (secondary N) is 2. The lowest BCUT2D eigenvalue weighted by Gasteiger charge is -2.37. The number of hydrogen-bond donors (Lipinski definition) is 2. The van der Waals surface area contributed by atoms with Gasteiger partial charge in [0.15, 0.2) is 0 Å². The molecular formula is C47H59Cl2F2N3O13. The Morgan fingerprint density at radius 3 is 1.97 bits per heavy atom. The summed E-state index contributed by atoms with van der Waals surface area (Å²) in [6.45, 7) is 11.2. The highest BCUT2D eigenvalue weighted by molar-refractivity contribution is 6.31. The predicted molar refractivity (Wildman–Crippen MR) is 243 cm³/mol. The van der Waals surface area contributed by atoms with E-state index in [1.165, 1.54) is 62.6 Å². The van der Waals surface area contributed by atoms with Crippen LogP contribution in [0.3, 0.4) is 0 Å². The number of benzene rings is 3. The minimum atomic E-state index is -1.85. The monoisotopic (exact) mass is 981 g/mol. The zero-order valence-electron chi connectivity index (χ0n) is 38.5. The molecule has 2 N–H and O–H groups in total. The van der Waals surface area contributed by atoms with E-state index in [9.17, 15) is 19.6 Å². The fraction of sp³-hybridized carbons (Fsp3) is 0.532. The maximum Gasteiger partial charge on any atom is 0.511 e. The number of anilines is 1. The highest BCUT2D eigenvalue weighted by Crippen LogP contribution is 2.53. The molecule has 4 rings (SSSR count). The quantitative estimate of drug-likeness (QED) is 0.0430. The molecule has 368 valence electrons. The lowest BCUT2D eigenvalue weighted by molar-refractivity contribution is -0.118. The molecular weight excluding hydrogens is 923 g/mol. The van der Waals surface area contributed by atoms with Gasteiger partial charge >= 0.3 is 12.1 Å². The maximum atomic E-state index is 16.1. The summed E-state index contributed by atoms with van der Waals surface area (Å²) in [6.07, 6.45) is -2.20. The minimum absolute atomic E-state index is 0.0250. The first-order chi connectivity index (χ1) is 32.1. The second-order valence-corrected chi connectivity index (χ2v) is 17.2. The molecule has 3 aromatic carbocycles. The molecule has 0 spiro atoms. The molecule has 1 fully saturated rings. The molecule has 16 nitrogen and oxygen atoms in total. The van der Waals surface area contributed by atoms with Crippen LogP contribution in [0.5, 0.6) is 5.75 Å². The van der Waals surface area contributed by atoms with Gasteiger partial charge in [-0.3, -0.25) is 4.79 Å². The summed E-state index contributed by atoms with van der Waals surface area (Å²) in [6, 6.07) is 12.2. The van der Waals surface area contributed by atoms with E-state index in [1.807, 2.05) is 20.8 Å². The third-order valence-corrected chi connectivity index (χ3v) is 10.9. The summed E-state index contributed by atoms with van der Waals surface area (Å²) in [7, 11) is 2.92. The zero-order valence-corrected chi connectivity index (χ0v) is 40.0. The molecule has 5 atom stereocenters. The fourth-order valence-corrected chi connectivity index (χ4v) is 7.75. The topological polar surface area (TPSA) is 191 Å². The van der Waals surface area contributed by atoms with Crippen LogP contribution in [-0.2, 0) is 52.8 Å². The van der Waals surface area contributed by atoms with Crippen molar-refractivity contribution >= 4 is 46.9 Å². The van der Waals surface area contributed by atoms with Crippen molar-refractivity contribution in [3.8, 4) is 11.8 Å². The van der Waals surface area contributed by atoms with Crippen LogP contribution in [0.2, 0.25) is 10.0 Å². The van der Waals surface area contributed by atoms with E-state index in [2.05, 4.69) is 16.7 Å². The van der Waals surface area contributed by atoms with Gasteiger partial charge in [-0.15, -0.1) is 0 Å². The number of esters is 1. The van der Waals surface area contributed by atoms with Crippen molar-refractivity contribution in [1.29, 1.82) is 5.26 Å². The van der Waals surface area contributed by atoms with Crippen LogP contribution in [0.1, 0.15) is 61.5 Å². The Balaban J connectivity index is 1.30. The van der Waals surface area contributed by atoms with E-state index < -0.39 is 64.8 Å². The van der Waals surface area contributed by atoms with Crippen LogP contribution in [0.25, 0.3) is 0 Å². The molecule has 2 unspecified atom stereocenters. The third kappa shape index (κ3) is 16.2. The van der Waals surface area contributed by atoms with Gasteiger partial charge in [-0.25, -0.2) is 18.4 Å². The molecule has 1 saturated heterocycles. The van der Waals surface area contributed by atoms with Gasteiger partial charge in [0.25, 0.3) is 0 Å². The molecule has 0 aliphatic carbocycles. The van der Waals surface area contributed by atoms with Crippen molar-refractivity contribution in [1.82, 2.24) is 5.32 Å². The van der Waals surface area contributed by atoms with Gasteiger partial charge in [0, 0.05) is 36.6 Å². The Kier molecular flexibility index (Phi) is 22.4. The van der Waals surface area contributed by atoms with Crippen molar-refractivity contribution < 1.29 is 70.5 Å². The molecule has 1 amide bonds. The largest absolute Gasteiger partial charge is 0.511 e. The van der Waals surface area contributed by atoms with Crippen molar-refractivity contribution in [3.05, 3.63) is 93.0 Å². The predicted octanol–water partition coefficient (Wildman–Crippen LogP) is 7.63. The van der Waals surface area contributed by atoms with Gasteiger partial charge in [0.05, 0.1) is 108 Å². The van der Waals surface area contributed by atoms with Crippen molar-refractivity contribution in [2.45, 2.75) is 63.8 Å². The average molecular weight is 983 g/mol. The van der Waals surface area contributed by atoms with Gasteiger partial charge in [-0.1, -0.05) is 62.2 Å². The number of carbonyl (C=O) groups is 3. The second-order valence-electron chi connectivity index (χ2n) is 16.3. The summed E-state index contributed by atoms with van der Waals surface area (Å²) >= 11 is 12.4. The van der Waals surface area contributed by atoms with Crippen molar-refractivity contribution in [2.24, 2.45) is 5.41 Å². The number of nitrogens with zero attached hydrogens (tertiary/aromatic N) is 1. The number of rotatable bonds is 27. The maximum absolute atomic E-state index is 16.1. The Labute approximate surface area is 399 Å². The molecule has 0 saturated carbocycles. The SMILES string of the molecule is COCCOCCOCCOCCOCCOCCOC(=O)OC(C)OC(=O)c1ccc(NC(=O)[C@@H]2NC(CC(C)(C)C)[C@](C#N)(c3ccc(Cl)cc3F)[C@H]2c2cccc(Cl)c2F)c(OC)c1. The van der Waals surface area contributed by atoms with E-state index in [4.69, 9.17) is 70.6 Å². The van der Waals surface area contributed by atoms with Gasteiger partial charge in [0.1, 0.15) is 29.4 Å². The highest BCUT2D eigenvalue weighted by atomic mass is 35.5. The molecule has 67 heavy (non-hydrogen) atoms. The molecule has 0 bridgehead atoms. The molecule has 20 heteroatoms. The van der Waals surface area contributed by atoms with E-state index in [-0.39, 0.29) is 64.4 Å². The van der Waals surface area contributed by atoms with E-state index in [0.717, 1.165) is 6.07 Å². The number of ether oxygens (including phenoxy) is 10. The standard InChI is InChI=1S/C47H59Cl2F2N3O13/c1-30(67-45(57)65-25-24-64-23-22-63-21-20-62-19-18-61-17-16-60-15-14-58-5)66-44(56)31-10-13-37(38(26-31)59-6)53-43(55)42-40(33-8-7-9-35(49)41(33)51)47(29-52,39(54-42)28-46(2,3)4)34-12-11-32(48)27-36(34)50/h7-13,26-27,30,39-40,42,54H,14-25,28H2,1-6H3,(H,53,55)/t30?,39?,40-,42+,47-/m0/s1. The molecule has 1 heterocycles. The van der Waals surface area contributed by atoms with Crippen molar-refractivity contribution in [2.75, 3.05) is 98.8 Å². The van der Waals surface area contributed by atoms with Gasteiger partial charge < -0.3 is 58.0 Å². The van der Waals surface area contributed by atoms with Crippen LogP contribution >= 0.6 is 23.2 Å². The Bertz CT molecular complexity index is 2120. The smallest absolute Gasteiger partial charge is 0.495 e. The summed E-state index contributed by atoms with van der Waals surface area (Å²) in [5.41, 5.74) is -2.40. The Morgan fingerprint density at radius 2 is 1.42 bits per heavy atom. The third-order valence-electron chi connectivity index (χ3n) is 10.3. The Hall–Kier alpha value is -4.68. The summed E-state index contributed by atoms with van der Waals surface area (Å²) in [5, 5.41) is 17.0. The molecule has 3 aromatic rings. The number of carbonyl (C=O) groups excluding carboxylic acids is 3. The van der Waals surface area contributed by atoms with Crippen LogP contribution in [0, 0.1) is 28.4 Å². The van der Waals surface area contributed by atoms with Crippen LogP contribution in [-0.4, -0.2) is 130 Å². The summed E-state index contributed by atoms with van der Waals surface area (Å²) in [5.74, 6) is -4.60. The van der Waals surface area contributed by atoms with E-state index in [1.54, 1.807) is 7.11 Å². The Morgan fingerprint density at radius 1 is 0.821 bits per heavy atom. The molecule has 0 radical (unpaired) electrons. The van der Waals surface area contributed by atoms with Gasteiger partial charge in [-0.2, -0.15) is 5.26 Å². The minimum Gasteiger partial charge on any atom is -0.495 e. The molecule has 1 aliphatic heterocycles. The lowest BCUT2D eigenvalue weighted by Crippen LogP contribution is -2.45. The van der Waals surface area contributed by atoms with Crippen LogP contribution in [0.15, 0.2) is 54.6 Å². The number of halogens is 4. The molecule has 0 aromatic heterocycles. The number of nitriles is 1. The normalized spacial score (nSPS) is 18.5. The number of amides is 1. The van der Waals surface area contributed by atoms with Gasteiger partial charge in [-0.05, 0) is 53.8 Å². The average Bonchev–Trinajstić information content (AvgIpc) is 3.59. The second kappa shape index (κ2) is 27.3. The van der Waals surface area contributed by atoms with Crippen molar-refractivity contribution in [3.63, 3.8) is 0 Å². The fourth-order valence-electron chi connectivity index (χ4n) is 7.41. The zero-order chi connectivity index (χ0) is 49.0. The number of hydrogen-bond acceptors (Lipinski definition) is 15. The van der Waals surface area contributed by atoms with Gasteiger partial charge in [0.2, 0.25) is 12.2 Å². The van der Waals surface area contributed by atoms with Crippen LogP contribution in [0.4, 0.5) is 19.3 Å². The van der Waals surface area contributed by atoms with Crippen LogP contribution < -0.4 is 15.4 Å². The summed E-state index contributed by atoms with van der Waals surface area (Å²) in [4.78, 5) is 39.8. The van der Waals surface area contributed by atoms with E-state index in [0.29, 0.717) is 59.5 Å². The first-order valence-electron chi connectivity index (χ1n) is 21.5. The highest BCUT2D eigenvalue weighted by Gasteiger charge is 2.61. The molecule has 1 aliphatic rings.